The fourth-order valence-corrected chi connectivity index (χ4v) is 3.27. The molecule has 0 saturated carbocycles. The van der Waals surface area contributed by atoms with Crippen molar-refractivity contribution in [2.75, 3.05) is 40.3 Å². The maximum absolute atomic E-state index is 12.2. The SMILES string of the molecule is CC1CN(C(=O)CCC2CCNC2)CC1N(C)C. The van der Waals surface area contributed by atoms with E-state index in [-0.39, 0.29) is 0 Å². The van der Waals surface area contributed by atoms with Gasteiger partial charge < -0.3 is 15.1 Å². The van der Waals surface area contributed by atoms with Crippen molar-refractivity contribution in [3.05, 3.63) is 0 Å². The summed E-state index contributed by atoms with van der Waals surface area (Å²) in [5.74, 6) is 1.67. The van der Waals surface area contributed by atoms with Crippen molar-refractivity contribution < 1.29 is 4.79 Å². The third-order valence-electron chi connectivity index (χ3n) is 4.52. The van der Waals surface area contributed by atoms with Crippen LogP contribution in [0.2, 0.25) is 0 Å². The van der Waals surface area contributed by atoms with E-state index < -0.39 is 0 Å². The quantitative estimate of drug-likeness (QED) is 0.804. The van der Waals surface area contributed by atoms with Gasteiger partial charge in [0.25, 0.3) is 0 Å². The highest BCUT2D eigenvalue weighted by Crippen LogP contribution is 2.22. The average Bonchev–Trinajstić information content (AvgIpc) is 2.94. The fraction of sp³-hybridized carbons (Fsp3) is 0.929. The highest BCUT2D eigenvalue weighted by atomic mass is 16.2. The Morgan fingerprint density at radius 1 is 1.39 bits per heavy atom. The summed E-state index contributed by atoms with van der Waals surface area (Å²) in [7, 11) is 4.22. The molecule has 0 aliphatic carbocycles. The Balaban J connectivity index is 1.76. The van der Waals surface area contributed by atoms with E-state index >= 15 is 0 Å². The Morgan fingerprint density at radius 2 is 2.17 bits per heavy atom. The Hall–Kier alpha value is -0.610. The van der Waals surface area contributed by atoms with Crippen LogP contribution in [0.25, 0.3) is 0 Å². The zero-order chi connectivity index (χ0) is 13.1. The van der Waals surface area contributed by atoms with Crippen LogP contribution in [0, 0.1) is 11.8 Å². The second-order valence-electron chi connectivity index (χ2n) is 6.20. The molecule has 104 valence electrons. The molecule has 2 saturated heterocycles. The van der Waals surface area contributed by atoms with Crippen molar-refractivity contribution in [2.24, 2.45) is 11.8 Å². The first-order valence-electron chi connectivity index (χ1n) is 7.23. The van der Waals surface area contributed by atoms with Gasteiger partial charge in [0.05, 0.1) is 0 Å². The van der Waals surface area contributed by atoms with E-state index in [1.54, 1.807) is 0 Å². The fourth-order valence-electron chi connectivity index (χ4n) is 3.27. The van der Waals surface area contributed by atoms with Crippen LogP contribution in [0.4, 0.5) is 0 Å². The predicted molar refractivity (Wildman–Crippen MR) is 73.4 cm³/mol. The minimum Gasteiger partial charge on any atom is -0.341 e. The zero-order valence-corrected chi connectivity index (χ0v) is 12.0. The molecular formula is C14H27N3O. The Bertz CT molecular complexity index is 287. The second-order valence-corrected chi connectivity index (χ2v) is 6.20. The average molecular weight is 253 g/mol. The number of carbonyl (C=O) groups excluding carboxylic acids is 1. The summed E-state index contributed by atoms with van der Waals surface area (Å²) in [5.41, 5.74) is 0. The lowest BCUT2D eigenvalue weighted by Crippen LogP contribution is -2.35. The molecule has 0 aromatic heterocycles. The molecule has 1 N–H and O–H groups in total. The summed E-state index contributed by atoms with van der Waals surface area (Å²) >= 11 is 0. The molecule has 0 radical (unpaired) electrons. The van der Waals surface area contributed by atoms with Crippen molar-refractivity contribution in [1.82, 2.24) is 15.1 Å². The molecule has 18 heavy (non-hydrogen) atoms. The number of rotatable bonds is 4. The third kappa shape index (κ3) is 3.23. The van der Waals surface area contributed by atoms with Gasteiger partial charge in [-0.25, -0.2) is 0 Å². The lowest BCUT2D eigenvalue weighted by atomic mass is 10.0. The van der Waals surface area contributed by atoms with E-state index in [1.807, 2.05) is 0 Å². The molecule has 0 spiro atoms. The lowest BCUT2D eigenvalue weighted by molar-refractivity contribution is -0.130. The van der Waals surface area contributed by atoms with Gasteiger partial charge in [0, 0.05) is 25.6 Å². The van der Waals surface area contributed by atoms with Crippen LogP contribution in [-0.2, 0) is 4.79 Å². The number of hydrogen-bond acceptors (Lipinski definition) is 3. The van der Waals surface area contributed by atoms with E-state index in [0.29, 0.717) is 17.9 Å². The monoisotopic (exact) mass is 253 g/mol. The summed E-state index contributed by atoms with van der Waals surface area (Å²) in [6, 6.07) is 0.530. The molecule has 3 unspecified atom stereocenters. The lowest BCUT2D eigenvalue weighted by Gasteiger charge is -2.22. The minimum atomic E-state index is 0.359. The molecular weight excluding hydrogens is 226 g/mol. The van der Waals surface area contributed by atoms with Gasteiger partial charge in [0.2, 0.25) is 5.91 Å². The molecule has 0 aromatic carbocycles. The van der Waals surface area contributed by atoms with Crippen molar-refractivity contribution in [2.45, 2.75) is 32.2 Å². The predicted octanol–water partition coefficient (Wildman–Crippen LogP) is 0.785. The van der Waals surface area contributed by atoms with Crippen molar-refractivity contribution in [3.8, 4) is 0 Å². The van der Waals surface area contributed by atoms with Gasteiger partial charge in [-0.05, 0) is 51.9 Å². The maximum atomic E-state index is 12.2. The van der Waals surface area contributed by atoms with E-state index in [4.69, 9.17) is 0 Å². The zero-order valence-electron chi connectivity index (χ0n) is 12.0. The first-order chi connectivity index (χ1) is 8.58. The van der Waals surface area contributed by atoms with Crippen LogP contribution < -0.4 is 5.32 Å². The van der Waals surface area contributed by atoms with Crippen molar-refractivity contribution in [3.63, 3.8) is 0 Å². The van der Waals surface area contributed by atoms with Gasteiger partial charge in [-0.2, -0.15) is 0 Å². The molecule has 4 nitrogen and oxygen atoms in total. The van der Waals surface area contributed by atoms with E-state index in [9.17, 15) is 4.79 Å². The Kier molecular flexibility index (Phi) is 4.62. The van der Waals surface area contributed by atoms with Crippen molar-refractivity contribution in [1.29, 1.82) is 0 Å². The van der Waals surface area contributed by atoms with E-state index in [2.05, 4.69) is 36.1 Å². The van der Waals surface area contributed by atoms with Gasteiger partial charge in [-0.3, -0.25) is 4.79 Å². The molecule has 1 amide bonds. The number of likely N-dealkylation sites (N-methyl/N-ethyl adjacent to an activating group) is 1. The largest absolute Gasteiger partial charge is 0.341 e. The topological polar surface area (TPSA) is 35.6 Å². The van der Waals surface area contributed by atoms with Gasteiger partial charge in [0.15, 0.2) is 0 Å². The highest BCUT2D eigenvalue weighted by Gasteiger charge is 2.33. The minimum absolute atomic E-state index is 0.359. The van der Waals surface area contributed by atoms with Crippen LogP contribution in [0.3, 0.4) is 0 Å². The van der Waals surface area contributed by atoms with Crippen LogP contribution in [0.5, 0.6) is 0 Å². The molecule has 0 aromatic rings. The smallest absolute Gasteiger partial charge is 0.222 e. The number of hydrogen-bond donors (Lipinski definition) is 1. The van der Waals surface area contributed by atoms with E-state index in [1.165, 1.54) is 6.42 Å². The molecule has 2 heterocycles. The molecule has 0 bridgehead atoms. The number of nitrogens with zero attached hydrogens (tertiary/aromatic N) is 2. The molecule has 2 fully saturated rings. The molecule has 3 atom stereocenters. The molecule has 2 aliphatic rings. The summed E-state index contributed by atoms with van der Waals surface area (Å²) < 4.78 is 0. The number of carbonyl (C=O) groups is 1. The summed E-state index contributed by atoms with van der Waals surface area (Å²) in [6.07, 6.45) is 3.03. The second kappa shape index (κ2) is 6.02. The number of nitrogens with one attached hydrogen (secondary N) is 1. The van der Waals surface area contributed by atoms with Crippen LogP contribution in [0.15, 0.2) is 0 Å². The van der Waals surface area contributed by atoms with Crippen LogP contribution >= 0.6 is 0 Å². The normalized spacial score (nSPS) is 32.4. The third-order valence-corrected chi connectivity index (χ3v) is 4.52. The van der Waals surface area contributed by atoms with Gasteiger partial charge in [-0.15, -0.1) is 0 Å². The first kappa shape index (κ1) is 13.8. The summed E-state index contributed by atoms with van der Waals surface area (Å²) in [6.45, 7) is 6.33. The molecule has 2 rings (SSSR count). The Labute approximate surface area is 111 Å². The molecule has 2 aliphatic heterocycles. The van der Waals surface area contributed by atoms with Gasteiger partial charge in [-0.1, -0.05) is 6.92 Å². The molecule has 4 heteroatoms. The number of likely N-dealkylation sites (tertiary alicyclic amines) is 1. The van der Waals surface area contributed by atoms with Crippen LogP contribution in [0.1, 0.15) is 26.2 Å². The maximum Gasteiger partial charge on any atom is 0.222 e. The highest BCUT2D eigenvalue weighted by molar-refractivity contribution is 5.76. The van der Waals surface area contributed by atoms with Gasteiger partial charge in [0.1, 0.15) is 0 Å². The number of amides is 1. The standard InChI is InChI=1S/C14H27N3O/c1-11-9-17(10-13(11)16(2)3)14(18)5-4-12-6-7-15-8-12/h11-13,15H,4-10H2,1-3H3. The summed E-state index contributed by atoms with van der Waals surface area (Å²) in [5, 5.41) is 3.36. The summed E-state index contributed by atoms with van der Waals surface area (Å²) in [4.78, 5) is 16.5. The van der Waals surface area contributed by atoms with Crippen molar-refractivity contribution >= 4 is 5.91 Å². The van der Waals surface area contributed by atoms with Crippen LogP contribution in [-0.4, -0.2) is 62.0 Å². The van der Waals surface area contributed by atoms with E-state index in [0.717, 1.165) is 44.9 Å². The first-order valence-corrected chi connectivity index (χ1v) is 7.23. The Morgan fingerprint density at radius 3 is 2.72 bits per heavy atom. The van der Waals surface area contributed by atoms with Gasteiger partial charge >= 0.3 is 0 Å².